The molecule has 0 saturated heterocycles. The lowest BCUT2D eigenvalue weighted by Crippen LogP contribution is -2.26. The van der Waals surface area contributed by atoms with E-state index in [9.17, 15) is 4.79 Å². The molecule has 0 saturated carbocycles. The number of ketones is 1. The molecule has 4 nitrogen and oxygen atoms in total. The minimum Gasteiger partial charge on any atom is -0.496 e. The van der Waals surface area contributed by atoms with Gasteiger partial charge in [0.15, 0.2) is 5.78 Å². The van der Waals surface area contributed by atoms with E-state index in [-0.39, 0.29) is 12.4 Å². The molecule has 1 aliphatic rings. The molecule has 0 aromatic carbocycles. The fraction of sp³-hybridized carbons (Fsp3) is 0.643. The van der Waals surface area contributed by atoms with Crippen molar-refractivity contribution < 1.29 is 19.4 Å². The molecule has 19 heavy (non-hydrogen) atoms. The Bertz CT molecular complexity index is 366. The van der Waals surface area contributed by atoms with Gasteiger partial charge in [-0.15, -0.1) is 0 Å². The van der Waals surface area contributed by atoms with Crippen molar-refractivity contribution >= 4 is 21.7 Å². The van der Waals surface area contributed by atoms with Crippen LogP contribution >= 0.6 is 15.9 Å². The van der Waals surface area contributed by atoms with E-state index in [1.54, 1.807) is 0 Å². The summed E-state index contributed by atoms with van der Waals surface area (Å²) in [4.78, 5) is 12.0. The SMILES string of the molecule is CC(C)(Br)C(=O)C1=CC=C(OCCOCCO)CC1. The topological polar surface area (TPSA) is 55.8 Å². The lowest BCUT2D eigenvalue weighted by Gasteiger charge is -2.20. The molecule has 0 amide bonds. The Balaban J connectivity index is 2.39. The van der Waals surface area contributed by atoms with Gasteiger partial charge in [0.2, 0.25) is 0 Å². The van der Waals surface area contributed by atoms with Crippen LogP contribution in [-0.2, 0) is 14.3 Å². The Labute approximate surface area is 122 Å². The highest BCUT2D eigenvalue weighted by atomic mass is 79.9. The second-order valence-electron chi connectivity index (χ2n) is 4.81. The molecule has 0 aliphatic heterocycles. The van der Waals surface area contributed by atoms with E-state index in [1.807, 2.05) is 26.0 Å². The summed E-state index contributed by atoms with van der Waals surface area (Å²) in [7, 11) is 0. The maximum atomic E-state index is 12.0. The van der Waals surface area contributed by atoms with Crippen LogP contribution in [0.5, 0.6) is 0 Å². The second-order valence-corrected chi connectivity index (χ2v) is 6.79. The molecule has 0 unspecified atom stereocenters. The number of hydrogen-bond acceptors (Lipinski definition) is 4. The highest BCUT2D eigenvalue weighted by Crippen LogP contribution is 2.27. The summed E-state index contributed by atoms with van der Waals surface area (Å²) in [5.74, 6) is 0.991. The summed E-state index contributed by atoms with van der Waals surface area (Å²) >= 11 is 3.38. The van der Waals surface area contributed by atoms with E-state index in [4.69, 9.17) is 14.6 Å². The fourth-order valence-electron chi connectivity index (χ4n) is 1.71. The van der Waals surface area contributed by atoms with Crippen molar-refractivity contribution in [2.24, 2.45) is 0 Å². The first-order valence-corrected chi connectivity index (χ1v) is 7.19. The van der Waals surface area contributed by atoms with E-state index in [1.165, 1.54) is 0 Å². The monoisotopic (exact) mass is 332 g/mol. The number of carbonyl (C=O) groups excluding carboxylic acids is 1. The summed E-state index contributed by atoms with van der Waals surface area (Å²) < 4.78 is 10.1. The Morgan fingerprint density at radius 2 is 2.05 bits per heavy atom. The molecule has 1 N–H and O–H groups in total. The number of alkyl halides is 1. The zero-order valence-corrected chi connectivity index (χ0v) is 13.0. The summed E-state index contributed by atoms with van der Waals surface area (Å²) in [6.07, 6.45) is 5.12. The van der Waals surface area contributed by atoms with Crippen molar-refractivity contribution in [1.82, 2.24) is 0 Å². The van der Waals surface area contributed by atoms with Crippen LogP contribution in [-0.4, -0.2) is 41.6 Å². The molecular weight excluding hydrogens is 312 g/mol. The Hall–Kier alpha value is -0.650. The number of aliphatic hydroxyl groups is 1. The number of allylic oxidation sites excluding steroid dienone is 4. The largest absolute Gasteiger partial charge is 0.496 e. The normalized spacial score (nSPS) is 15.8. The summed E-state index contributed by atoms with van der Waals surface area (Å²) in [5, 5.41) is 8.54. The number of Topliss-reactive ketones (excluding diaryl/α,β-unsaturated/α-hetero) is 1. The first kappa shape index (κ1) is 16.4. The molecule has 1 aliphatic carbocycles. The van der Waals surface area contributed by atoms with Gasteiger partial charge in [-0.3, -0.25) is 4.79 Å². The summed E-state index contributed by atoms with van der Waals surface area (Å²) in [5.41, 5.74) is 0.825. The van der Waals surface area contributed by atoms with Gasteiger partial charge >= 0.3 is 0 Å². The van der Waals surface area contributed by atoms with Crippen molar-refractivity contribution in [3.8, 4) is 0 Å². The van der Waals surface area contributed by atoms with Gasteiger partial charge < -0.3 is 14.6 Å². The predicted molar refractivity (Wildman–Crippen MR) is 77.3 cm³/mol. The van der Waals surface area contributed by atoms with Crippen LogP contribution < -0.4 is 0 Å². The number of rotatable bonds is 8. The minimum absolute atomic E-state index is 0.0270. The molecule has 0 aromatic rings. The van der Waals surface area contributed by atoms with Crippen molar-refractivity contribution in [3.05, 3.63) is 23.5 Å². The van der Waals surface area contributed by atoms with Crippen molar-refractivity contribution in [1.29, 1.82) is 0 Å². The standard InChI is InChI=1S/C14H21BrO4/c1-14(2,15)13(17)11-3-5-12(6-4-11)19-10-9-18-8-7-16/h3,5,16H,4,6-10H2,1-2H3. The number of halogens is 1. The lowest BCUT2D eigenvalue weighted by molar-refractivity contribution is -0.117. The highest BCUT2D eigenvalue weighted by Gasteiger charge is 2.27. The van der Waals surface area contributed by atoms with Crippen molar-refractivity contribution in [2.45, 2.75) is 31.0 Å². The van der Waals surface area contributed by atoms with Crippen LogP contribution in [0.15, 0.2) is 23.5 Å². The number of aliphatic hydroxyl groups excluding tert-OH is 1. The van der Waals surface area contributed by atoms with E-state index in [0.717, 1.165) is 17.8 Å². The first-order chi connectivity index (χ1) is 8.95. The van der Waals surface area contributed by atoms with Gasteiger partial charge in [-0.1, -0.05) is 22.0 Å². The zero-order valence-electron chi connectivity index (χ0n) is 11.4. The first-order valence-electron chi connectivity index (χ1n) is 6.40. The molecule has 0 aromatic heterocycles. The van der Waals surface area contributed by atoms with Crippen LogP contribution in [0.3, 0.4) is 0 Å². The van der Waals surface area contributed by atoms with Gasteiger partial charge in [0.1, 0.15) is 6.61 Å². The van der Waals surface area contributed by atoms with Gasteiger partial charge in [-0.25, -0.2) is 0 Å². The minimum atomic E-state index is -0.511. The van der Waals surface area contributed by atoms with Gasteiger partial charge in [-0.05, 0) is 31.9 Å². The second kappa shape index (κ2) is 7.82. The highest BCUT2D eigenvalue weighted by molar-refractivity contribution is 9.10. The van der Waals surface area contributed by atoms with E-state index in [0.29, 0.717) is 26.2 Å². The number of hydrogen-bond donors (Lipinski definition) is 1. The van der Waals surface area contributed by atoms with Crippen LogP contribution in [0.1, 0.15) is 26.7 Å². The van der Waals surface area contributed by atoms with Gasteiger partial charge in [0, 0.05) is 6.42 Å². The molecule has 0 atom stereocenters. The molecule has 0 bridgehead atoms. The molecule has 0 heterocycles. The Kier molecular flexibility index (Phi) is 6.75. The Morgan fingerprint density at radius 3 is 2.58 bits per heavy atom. The average Bonchev–Trinajstić information content (AvgIpc) is 2.37. The maximum Gasteiger partial charge on any atom is 0.174 e. The predicted octanol–water partition coefficient (Wildman–Crippen LogP) is 2.36. The van der Waals surface area contributed by atoms with Crippen molar-refractivity contribution in [3.63, 3.8) is 0 Å². The van der Waals surface area contributed by atoms with Crippen molar-refractivity contribution in [2.75, 3.05) is 26.4 Å². The number of carbonyl (C=O) groups is 1. The molecule has 0 radical (unpaired) electrons. The molecule has 1 rings (SSSR count). The molecular formula is C14H21BrO4. The van der Waals surface area contributed by atoms with E-state index < -0.39 is 4.32 Å². The smallest absolute Gasteiger partial charge is 0.174 e. The molecule has 0 fully saturated rings. The maximum absolute atomic E-state index is 12.0. The Morgan fingerprint density at radius 1 is 1.32 bits per heavy atom. The molecule has 5 heteroatoms. The molecule has 108 valence electrons. The lowest BCUT2D eigenvalue weighted by atomic mass is 9.94. The van der Waals surface area contributed by atoms with Crippen LogP contribution in [0.25, 0.3) is 0 Å². The van der Waals surface area contributed by atoms with Gasteiger partial charge in [0.05, 0.1) is 29.9 Å². The van der Waals surface area contributed by atoms with Crippen LogP contribution in [0.2, 0.25) is 0 Å². The number of ether oxygens (including phenoxy) is 2. The third kappa shape index (κ3) is 5.89. The molecule has 0 spiro atoms. The zero-order chi connectivity index (χ0) is 14.3. The van der Waals surface area contributed by atoms with Crippen LogP contribution in [0.4, 0.5) is 0 Å². The summed E-state index contributed by atoms with van der Waals surface area (Å²) in [6, 6.07) is 0. The third-order valence-corrected chi connectivity index (χ3v) is 3.05. The average molecular weight is 333 g/mol. The summed E-state index contributed by atoms with van der Waals surface area (Å²) in [6.45, 7) is 4.99. The fourth-order valence-corrected chi connectivity index (χ4v) is 1.96. The quantitative estimate of drug-likeness (QED) is 0.547. The van der Waals surface area contributed by atoms with E-state index >= 15 is 0 Å². The van der Waals surface area contributed by atoms with Gasteiger partial charge in [-0.2, -0.15) is 0 Å². The van der Waals surface area contributed by atoms with Gasteiger partial charge in [0.25, 0.3) is 0 Å². The third-order valence-electron chi connectivity index (χ3n) is 2.69. The van der Waals surface area contributed by atoms with E-state index in [2.05, 4.69) is 15.9 Å². The van der Waals surface area contributed by atoms with Crippen LogP contribution in [0, 0.1) is 0 Å².